The van der Waals surface area contributed by atoms with Crippen LogP contribution in [0, 0.1) is 17.3 Å². The van der Waals surface area contributed by atoms with Gasteiger partial charge in [0.1, 0.15) is 0 Å². The topological polar surface area (TPSA) is 64.9 Å². The molecule has 3 fully saturated rings. The normalized spacial score (nSPS) is 44.5. The maximum Gasteiger partial charge on any atom is 0.231 e. The summed E-state index contributed by atoms with van der Waals surface area (Å²) in [6.45, 7) is 4.52. The van der Waals surface area contributed by atoms with E-state index in [9.17, 15) is 0 Å². The van der Waals surface area contributed by atoms with Gasteiger partial charge in [-0.05, 0) is 42.9 Å². The number of hydrogen-bond donors (Lipinski definition) is 1. The van der Waals surface area contributed by atoms with Crippen molar-refractivity contribution in [2.24, 2.45) is 23.0 Å². The highest BCUT2D eigenvalue weighted by molar-refractivity contribution is 5.17. The highest BCUT2D eigenvalue weighted by atomic mass is 16.5. The number of hydrogen-bond acceptors (Lipinski definition) is 4. The van der Waals surface area contributed by atoms with Gasteiger partial charge in [0.2, 0.25) is 5.89 Å². The Morgan fingerprint density at radius 2 is 2.00 bits per heavy atom. The SMILES string of the molecule is CC1(C)CC1c1noc(C2C3CCC(C3)C2N)n1. The first kappa shape index (κ1) is 11.0. The highest BCUT2D eigenvalue weighted by Gasteiger charge is 2.52. The molecule has 0 radical (unpaired) electrons. The van der Waals surface area contributed by atoms with E-state index < -0.39 is 0 Å². The Labute approximate surface area is 107 Å². The van der Waals surface area contributed by atoms with Crippen LogP contribution in [0.25, 0.3) is 0 Å². The Kier molecular flexibility index (Phi) is 2.04. The molecule has 4 heteroatoms. The van der Waals surface area contributed by atoms with E-state index >= 15 is 0 Å². The smallest absolute Gasteiger partial charge is 0.231 e. The fourth-order valence-corrected chi connectivity index (χ4v) is 4.13. The van der Waals surface area contributed by atoms with Crippen LogP contribution in [0.2, 0.25) is 0 Å². The fraction of sp³-hybridized carbons (Fsp3) is 0.857. The van der Waals surface area contributed by atoms with Crippen LogP contribution in [-0.2, 0) is 0 Å². The van der Waals surface area contributed by atoms with Crippen molar-refractivity contribution in [2.75, 3.05) is 0 Å². The molecule has 18 heavy (non-hydrogen) atoms. The Hall–Kier alpha value is -0.900. The minimum Gasteiger partial charge on any atom is -0.339 e. The molecule has 0 aliphatic heterocycles. The minimum absolute atomic E-state index is 0.240. The summed E-state index contributed by atoms with van der Waals surface area (Å²) < 4.78 is 5.53. The van der Waals surface area contributed by atoms with Crippen molar-refractivity contribution in [1.29, 1.82) is 0 Å². The number of rotatable bonds is 2. The van der Waals surface area contributed by atoms with E-state index in [2.05, 4.69) is 24.0 Å². The van der Waals surface area contributed by atoms with Crippen molar-refractivity contribution in [3.63, 3.8) is 0 Å². The predicted octanol–water partition coefficient (Wildman–Crippen LogP) is 2.42. The number of aromatic nitrogens is 2. The average molecular weight is 247 g/mol. The van der Waals surface area contributed by atoms with Gasteiger partial charge in [0, 0.05) is 12.0 Å². The lowest BCUT2D eigenvalue weighted by molar-refractivity contribution is 0.278. The Morgan fingerprint density at radius 3 is 2.61 bits per heavy atom. The van der Waals surface area contributed by atoms with Crippen molar-refractivity contribution in [1.82, 2.24) is 10.1 Å². The Bertz CT molecular complexity index is 479. The van der Waals surface area contributed by atoms with Gasteiger partial charge >= 0.3 is 0 Å². The molecule has 0 amide bonds. The lowest BCUT2D eigenvalue weighted by Crippen LogP contribution is -2.34. The zero-order valence-electron chi connectivity index (χ0n) is 11.1. The van der Waals surface area contributed by atoms with Crippen molar-refractivity contribution >= 4 is 0 Å². The van der Waals surface area contributed by atoms with Crippen molar-refractivity contribution in [3.05, 3.63) is 11.7 Å². The number of fused-ring (bicyclic) bond motifs is 2. The van der Waals surface area contributed by atoms with Gasteiger partial charge in [0.05, 0.1) is 5.92 Å². The molecule has 4 rings (SSSR count). The van der Waals surface area contributed by atoms with Gasteiger partial charge in [-0.2, -0.15) is 4.98 Å². The van der Waals surface area contributed by atoms with Gasteiger partial charge in [-0.3, -0.25) is 0 Å². The van der Waals surface area contributed by atoms with E-state index in [-0.39, 0.29) is 6.04 Å². The molecular formula is C14H21N3O. The van der Waals surface area contributed by atoms with Crippen LogP contribution < -0.4 is 5.73 Å². The van der Waals surface area contributed by atoms with E-state index in [1.807, 2.05) is 0 Å². The molecule has 1 heterocycles. The first-order chi connectivity index (χ1) is 8.56. The third-order valence-electron chi connectivity index (χ3n) is 5.55. The summed E-state index contributed by atoms with van der Waals surface area (Å²) in [5.74, 6) is 3.91. The molecule has 2 N–H and O–H groups in total. The first-order valence-electron chi connectivity index (χ1n) is 7.15. The maximum absolute atomic E-state index is 6.32. The second-order valence-electron chi connectivity index (χ2n) is 7.17. The van der Waals surface area contributed by atoms with Crippen LogP contribution in [0.4, 0.5) is 0 Å². The van der Waals surface area contributed by atoms with E-state index in [1.165, 1.54) is 25.7 Å². The van der Waals surface area contributed by atoms with Crippen LogP contribution in [-0.4, -0.2) is 16.2 Å². The van der Waals surface area contributed by atoms with E-state index in [0.29, 0.717) is 29.1 Å². The molecule has 3 aliphatic rings. The zero-order valence-corrected chi connectivity index (χ0v) is 11.1. The third kappa shape index (κ3) is 1.41. The standard InChI is InChI=1S/C14H21N3O/c1-14(2)6-9(14)12-16-13(18-17-12)10-7-3-4-8(5-7)11(10)15/h7-11H,3-6,15H2,1-2H3. The summed E-state index contributed by atoms with van der Waals surface area (Å²) in [6.07, 6.45) is 5.02. The molecule has 1 aromatic heterocycles. The largest absolute Gasteiger partial charge is 0.339 e. The van der Waals surface area contributed by atoms with Gasteiger partial charge < -0.3 is 10.3 Å². The van der Waals surface area contributed by atoms with Gasteiger partial charge in [0.15, 0.2) is 5.82 Å². The van der Waals surface area contributed by atoms with Crippen LogP contribution in [0.15, 0.2) is 4.52 Å². The lowest BCUT2D eigenvalue weighted by atomic mass is 9.85. The summed E-state index contributed by atoms with van der Waals surface area (Å²) >= 11 is 0. The van der Waals surface area contributed by atoms with Gasteiger partial charge in [-0.25, -0.2) is 0 Å². The summed E-state index contributed by atoms with van der Waals surface area (Å²) in [5.41, 5.74) is 6.68. The Morgan fingerprint density at radius 1 is 1.28 bits per heavy atom. The fourth-order valence-electron chi connectivity index (χ4n) is 4.13. The van der Waals surface area contributed by atoms with Crippen LogP contribution in [0.3, 0.4) is 0 Å². The summed E-state index contributed by atoms with van der Waals surface area (Å²) in [7, 11) is 0. The van der Waals surface area contributed by atoms with Crippen LogP contribution >= 0.6 is 0 Å². The van der Waals surface area contributed by atoms with Crippen LogP contribution in [0.1, 0.15) is 63.1 Å². The van der Waals surface area contributed by atoms with Crippen molar-refractivity contribution in [2.45, 2.75) is 57.4 Å². The van der Waals surface area contributed by atoms with E-state index in [0.717, 1.165) is 11.7 Å². The monoisotopic (exact) mass is 247 g/mol. The Balaban J connectivity index is 1.59. The van der Waals surface area contributed by atoms with E-state index in [1.54, 1.807) is 0 Å². The molecule has 1 aromatic rings. The minimum atomic E-state index is 0.240. The van der Waals surface area contributed by atoms with Crippen molar-refractivity contribution in [3.8, 4) is 0 Å². The highest BCUT2D eigenvalue weighted by Crippen LogP contribution is 2.58. The molecule has 3 aliphatic carbocycles. The van der Waals surface area contributed by atoms with Crippen LogP contribution in [0.5, 0.6) is 0 Å². The molecule has 5 atom stereocenters. The lowest BCUT2D eigenvalue weighted by Gasteiger charge is -2.24. The van der Waals surface area contributed by atoms with Gasteiger partial charge in [-0.15, -0.1) is 0 Å². The summed E-state index contributed by atoms with van der Waals surface area (Å²) in [5, 5.41) is 4.19. The maximum atomic E-state index is 6.32. The molecule has 0 aromatic carbocycles. The molecular weight excluding hydrogens is 226 g/mol. The second-order valence-corrected chi connectivity index (χ2v) is 7.17. The zero-order chi connectivity index (χ0) is 12.5. The molecule has 0 spiro atoms. The van der Waals surface area contributed by atoms with Crippen molar-refractivity contribution < 1.29 is 4.52 Å². The molecule has 2 bridgehead atoms. The van der Waals surface area contributed by atoms with Gasteiger partial charge in [0.25, 0.3) is 0 Å². The average Bonchev–Trinajstić information content (AvgIpc) is 2.81. The molecule has 5 unspecified atom stereocenters. The summed E-state index contributed by atoms with van der Waals surface area (Å²) in [6, 6.07) is 0.240. The molecule has 0 saturated heterocycles. The first-order valence-corrected chi connectivity index (χ1v) is 7.15. The molecule has 3 saturated carbocycles. The molecule has 4 nitrogen and oxygen atoms in total. The quantitative estimate of drug-likeness (QED) is 0.871. The number of nitrogens with two attached hydrogens (primary N) is 1. The summed E-state index contributed by atoms with van der Waals surface area (Å²) in [4.78, 5) is 4.66. The predicted molar refractivity (Wildman–Crippen MR) is 67.0 cm³/mol. The molecule has 98 valence electrons. The van der Waals surface area contributed by atoms with E-state index in [4.69, 9.17) is 10.3 Å². The van der Waals surface area contributed by atoms with Gasteiger partial charge in [-0.1, -0.05) is 19.0 Å². The third-order valence-corrected chi connectivity index (χ3v) is 5.55. The second kappa shape index (κ2) is 3.35. The number of nitrogens with zero attached hydrogens (tertiary/aromatic N) is 2.